The van der Waals surface area contributed by atoms with E-state index in [1.807, 2.05) is 31.2 Å². The molecule has 6 heteroatoms. The first-order valence-corrected chi connectivity index (χ1v) is 8.55. The van der Waals surface area contributed by atoms with Gasteiger partial charge in [-0.25, -0.2) is 4.98 Å². The first-order chi connectivity index (χ1) is 11.7. The Morgan fingerprint density at radius 1 is 1.08 bits per heavy atom. The fourth-order valence-electron chi connectivity index (χ4n) is 2.53. The van der Waals surface area contributed by atoms with E-state index >= 15 is 0 Å². The molecule has 0 radical (unpaired) electrons. The monoisotopic (exact) mass is 342 g/mol. The molecule has 0 atom stereocenters. The fourth-order valence-corrected chi connectivity index (χ4v) is 3.27. The Morgan fingerprint density at radius 2 is 1.83 bits per heavy atom. The molecular weight excluding hydrogens is 324 g/mol. The van der Waals surface area contributed by atoms with Crippen molar-refractivity contribution >= 4 is 22.7 Å². The third-order valence-electron chi connectivity index (χ3n) is 3.64. The summed E-state index contributed by atoms with van der Waals surface area (Å²) >= 11 is 1.53. The summed E-state index contributed by atoms with van der Waals surface area (Å²) < 4.78 is 12.3. The van der Waals surface area contributed by atoms with Crippen molar-refractivity contribution in [2.24, 2.45) is 0 Å². The summed E-state index contributed by atoms with van der Waals surface area (Å²) in [6.45, 7) is 2.03. The van der Waals surface area contributed by atoms with E-state index in [1.165, 1.54) is 11.8 Å². The Kier molecular flexibility index (Phi) is 4.76. The van der Waals surface area contributed by atoms with Crippen LogP contribution in [0.1, 0.15) is 6.92 Å². The van der Waals surface area contributed by atoms with Crippen molar-refractivity contribution in [3.05, 3.63) is 52.8 Å². The Labute approximate surface area is 144 Å². The number of ether oxygens (including phenoxy) is 2. The van der Waals surface area contributed by atoms with Gasteiger partial charge in [0.25, 0.3) is 5.56 Å². The first-order valence-electron chi connectivity index (χ1n) is 7.56. The first kappa shape index (κ1) is 16.4. The summed E-state index contributed by atoms with van der Waals surface area (Å²) in [7, 11) is 3.16. The van der Waals surface area contributed by atoms with Gasteiger partial charge in [-0.05, 0) is 30.0 Å². The number of rotatable bonds is 5. The molecule has 3 rings (SSSR count). The second-order valence-electron chi connectivity index (χ2n) is 5.02. The predicted octanol–water partition coefficient (Wildman–Crippen LogP) is 3.51. The summed E-state index contributed by atoms with van der Waals surface area (Å²) in [5, 5.41) is 1.25. The zero-order valence-corrected chi connectivity index (χ0v) is 14.6. The molecule has 1 heterocycles. The van der Waals surface area contributed by atoms with Crippen LogP contribution in [0.25, 0.3) is 16.6 Å². The maximum Gasteiger partial charge on any atom is 0.266 e. The van der Waals surface area contributed by atoms with Crippen molar-refractivity contribution in [1.29, 1.82) is 0 Å². The Hall–Kier alpha value is -2.47. The second-order valence-corrected chi connectivity index (χ2v) is 6.26. The Balaban J connectivity index is 2.30. The average molecular weight is 342 g/mol. The number of methoxy groups -OCH3 is 2. The van der Waals surface area contributed by atoms with Crippen molar-refractivity contribution in [3.8, 4) is 17.2 Å². The molecule has 2 aromatic carbocycles. The van der Waals surface area contributed by atoms with E-state index in [9.17, 15) is 4.79 Å². The van der Waals surface area contributed by atoms with Crippen LogP contribution in [0, 0.1) is 0 Å². The standard InChI is InChI=1S/C18H18N2O3S/c1-4-24-18-19-14-8-6-5-7-13(14)17(21)20(18)12-9-10-15(22-2)16(11-12)23-3/h5-11H,4H2,1-3H3. The lowest BCUT2D eigenvalue weighted by molar-refractivity contribution is 0.354. The highest BCUT2D eigenvalue weighted by Gasteiger charge is 2.14. The van der Waals surface area contributed by atoms with Gasteiger partial charge >= 0.3 is 0 Å². The van der Waals surface area contributed by atoms with Gasteiger partial charge in [0.1, 0.15) is 0 Å². The van der Waals surface area contributed by atoms with Gasteiger partial charge in [0, 0.05) is 6.07 Å². The lowest BCUT2D eigenvalue weighted by Gasteiger charge is -2.15. The number of benzene rings is 2. The number of para-hydroxylation sites is 1. The summed E-state index contributed by atoms with van der Waals surface area (Å²) in [4.78, 5) is 17.7. The number of nitrogens with zero attached hydrogens (tertiary/aromatic N) is 2. The number of hydrogen-bond acceptors (Lipinski definition) is 5. The van der Waals surface area contributed by atoms with Gasteiger partial charge in [0.15, 0.2) is 16.7 Å². The number of thioether (sulfide) groups is 1. The minimum Gasteiger partial charge on any atom is -0.493 e. The summed E-state index contributed by atoms with van der Waals surface area (Å²) in [6, 6.07) is 12.8. The molecule has 0 aliphatic carbocycles. The lowest BCUT2D eigenvalue weighted by atomic mass is 10.2. The molecule has 0 fully saturated rings. The molecule has 0 saturated carbocycles. The van der Waals surface area contributed by atoms with Crippen LogP contribution in [0.5, 0.6) is 11.5 Å². The van der Waals surface area contributed by atoms with E-state index in [4.69, 9.17) is 9.47 Å². The van der Waals surface area contributed by atoms with Crippen LogP contribution >= 0.6 is 11.8 Å². The van der Waals surface area contributed by atoms with Crippen LogP contribution in [0.15, 0.2) is 52.4 Å². The molecule has 0 N–H and O–H groups in total. The van der Waals surface area contributed by atoms with E-state index in [0.29, 0.717) is 33.2 Å². The quantitative estimate of drug-likeness (QED) is 0.524. The smallest absolute Gasteiger partial charge is 0.266 e. The van der Waals surface area contributed by atoms with Crippen molar-refractivity contribution in [2.45, 2.75) is 12.1 Å². The van der Waals surface area contributed by atoms with E-state index in [0.717, 1.165) is 5.75 Å². The SMILES string of the molecule is CCSc1nc2ccccc2c(=O)n1-c1ccc(OC)c(OC)c1. The van der Waals surface area contributed by atoms with E-state index < -0.39 is 0 Å². The molecular formula is C18H18N2O3S. The highest BCUT2D eigenvalue weighted by Crippen LogP contribution is 2.30. The maximum absolute atomic E-state index is 13.0. The number of aromatic nitrogens is 2. The van der Waals surface area contributed by atoms with Gasteiger partial charge in [0.05, 0.1) is 30.8 Å². The van der Waals surface area contributed by atoms with Gasteiger partial charge in [-0.3, -0.25) is 9.36 Å². The van der Waals surface area contributed by atoms with Crippen LogP contribution in [-0.4, -0.2) is 29.5 Å². The normalized spacial score (nSPS) is 10.8. The van der Waals surface area contributed by atoms with Crippen LogP contribution < -0.4 is 15.0 Å². The molecule has 124 valence electrons. The minimum atomic E-state index is -0.0937. The number of fused-ring (bicyclic) bond motifs is 1. The van der Waals surface area contributed by atoms with Gasteiger partial charge < -0.3 is 9.47 Å². The van der Waals surface area contributed by atoms with E-state index in [2.05, 4.69) is 4.98 Å². The molecule has 0 unspecified atom stereocenters. The van der Waals surface area contributed by atoms with Crippen molar-refractivity contribution in [2.75, 3.05) is 20.0 Å². The van der Waals surface area contributed by atoms with Crippen LogP contribution in [-0.2, 0) is 0 Å². The summed E-state index contributed by atoms with van der Waals surface area (Å²) in [6.07, 6.45) is 0. The van der Waals surface area contributed by atoms with Crippen molar-refractivity contribution in [1.82, 2.24) is 9.55 Å². The van der Waals surface area contributed by atoms with Crippen LogP contribution in [0.2, 0.25) is 0 Å². The maximum atomic E-state index is 13.0. The number of hydrogen-bond donors (Lipinski definition) is 0. The van der Waals surface area contributed by atoms with Crippen LogP contribution in [0.3, 0.4) is 0 Å². The highest BCUT2D eigenvalue weighted by atomic mass is 32.2. The van der Waals surface area contributed by atoms with E-state index in [-0.39, 0.29) is 5.56 Å². The summed E-state index contributed by atoms with van der Waals surface area (Å²) in [5.41, 5.74) is 1.31. The molecule has 0 bridgehead atoms. The van der Waals surface area contributed by atoms with E-state index in [1.54, 1.807) is 37.0 Å². The predicted molar refractivity (Wildman–Crippen MR) is 96.8 cm³/mol. The van der Waals surface area contributed by atoms with Gasteiger partial charge in [-0.1, -0.05) is 30.8 Å². The molecule has 0 aliphatic rings. The highest BCUT2D eigenvalue weighted by molar-refractivity contribution is 7.99. The Morgan fingerprint density at radius 3 is 2.54 bits per heavy atom. The average Bonchev–Trinajstić information content (AvgIpc) is 2.62. The molecule has 0 aliphatic heterocycles. The zero-order chi connectivity index (χ0) is 17.1. The van der Waals surface area contributed by atoms with Crippen molar-refractivity contribution < 1.29 is 9.47 Å². The molecule has 5 nitrogen and oxygen atoms in total. The van der Waals surface area contributed by atoms with Gasteiger partial charge in [-0.15, -0.1) is 0 Å². The third-order valence-corrected chi connectivity index (χ3v) is 4.46. The second kappa shape index (κ2) is 6.97. The fraction of sp³-hybridized carbons (Fsp3) is 0.222. The topological polar surface area (TPSA) is 53.4 Å². The van der Waals surface area contributed by atoms with Gasteiger partial charge in [-0.2, -0.15) is 0 Å². The lowest BCUT2D eigenvalue weighted by Crippen LogP contribution is -2.21. The molecule has 0 saturated heterocycles. The molecule has 3 aromatic rings. The molecule has 24 heavy (non-hydrogen) atoms. The molecule has 0 spiro atoms. The van der Waals surface area contributed by atoms with Crippen molar-refractivity contribution in [3.63, 3.8) is 0 Å². The molecule has 1 aromatic heterocycles. The largest absolute Gasteiger partial charge is 0.493 e. The van der Waals surface area contributed by atoms with Gasteiger partial charge in [0.2, 0.25) is 0 Å². The Bertz CT molecular complexity index is 937. The zero-order valence-electron chi connectivity index (χ0n) is 13.8. The summed E-state index contributed by atoms with van der Waals surface area (Å²) in [5.74, 6) is 2.01. The minimum absolute atomic E-state index is 0.0937. The van der Waals surface area contributed by atoms with Crippen LogP contribution in [0.4, 0.5) is 0 Å². The third kappa shape index (κ3) is 2.85. The molecule has 0 amide bonds.